The number of rotatable bonds is 0. The van der Waals surface area contributed by atoms with Crippen LogP contribution in [-0.2, 0) is 0 Å². The van der Waals surface area contributed by atoms with Crippen LogP contribution < -0.4 is 0 Å². The van der Waals surface area contributed by atoms with Gasteiger partial charge in [-0.1, -0.05) is 53.5 Å². The van der Waals surface area contributed by atoms with Crippen LogP contribution in [0.1, 0.15) is 52.9 Å². The van der Waals surface area contributed by atoms with E-state index in [0.29, 0.717) is 5.04 Å². The second-order valence-electron chi connectivity index (χ2n) is 9.51. The van der Waals surface area contributed by atoms with Crippen LogP contribution in [0, 0.1) is 23.7 Å². The first-order chi connectivity index (χ1) is 10.0. The molecule has 0 N–H and O–H groups in total. The first kappa shape index (κ1) is 21.1. The number of hydrogen-bond acceptors (Lipinski definition) is 0. The van der Waals surface area contributed by atoms with Gasteiger partial charge in [0.2, 0.25) is 0 Å². The van der Waals surface area contributed by atoms with Crippen molar-refractivity contribution in [3.8, 4) is 0 Å². The molecule has 4 fully saturated rings. The summed E-state index contributed by atoms with van der Waals surface area (Å²) in [6, 6.07) is 0. The Kier molecular flexibility index (Phi) is 8.63. The first-order valence-electron chi connectivity index (χ1n) is 9.16. The molecule has 126 valence electrons. The molecule has 0 spiro atoms. The Morgan fingerprint density at radius 1 is 0.773 bits per heavy atom. The third-order valence-electron chi connectivity index (χ3n) is 5.52. The van der Waals surface area contributed by atoms with Gasteiger partial charge in [0, 0.05) is 17.6 Å². The van der Waals surface area contributed by atoms with E-state index in [9.17, 15) is 0 Å². The van der Waals surface area contributed by atoms with Gasteiger partial charge >= 0.3 is 81.3 Å². The van der Waals surface area contributed by atoms with Crippen LogP contribution in [0.25, 0.3) is 0 Å². The van der Waals surface area contributed by atoms with Crippen LogP contribution in [0.4, 0.5) is 0 Å². The summed E-state index contributed by atoms with van der Waals surface area (Å²) < 4.78 is 1.96. The quantitative estimate of drug-likeness (QED) is 0.424. The Bertz CT molecular complexity index is 322. The predicted molar refractivity (Wildman–Crippen MR) is 108 cm³/mol. The molecule has 22 heavy (non-hydrogen) atoms. The molecule has 4 rings (SSSR count). The maximum atomic E-state index is 2.35. The average molecular weight is 441 g/mol. The third-order valence-corrected chi connectivity index (χ3v) is 10.8. The van der Waals surface area contributed by atoms with E-state index in [-0.39, 0.29) is 17.6 Å². The molecule has 4 aliphatic rings. The molecule has 0 nitrogen and oxygen atoms in total. The molecule has 0 unspecified atom stereocenters. The van der Waals surface area contributed by atoms with E-state index in [1.54, 1.807) is 54.2 Å². The maximum absolute atomic E-state index is 2.35. The predicted octanol–water partition coefficient (Wildman–Crippen LogP) is 5.69. The molecule has 4 bridgehead atoms. The van der Waals surface area contributed by atoms with Gasteiger partial charge in [-0.05, 0) is 5.04 Å². The second-order valence-corrected chi connectivity index (χ2v) is 17.7. The van der Waals surface area contributed by atoms with E-state index in [1.165, 1.54) is 0 Å². The summed E-state index contributed by atoms with van der Waals surface area (Å²) in [5, 5.41) is 0.602. The molecular formula is C19H38Si2Sn. The summed E-state index contributed by atoms with van der Waals surface area (Å²) in [7, 11) is 0.0702. The van der Waals surface area contributed by atoms with Gasteiger partial charge in [-0.25, -0.2) is 0 Å². The van der Waals surface area contributed by atoms with Gasteiger partial charge in [0.15, 0.2) is 0 Å². The zero-order valence-corrected chi connectivity index (χ0v) is 21.2. The Labute approximate surface area is 157 Å². The number of hydrogen-bond donors (Lipinski definition) is 0. The molecule has 4 saturated carbocycles. The fourth-order valence-corrected chi connectivity index (χ4v) is 5.04. The van der Waals surface area contributed by atoms with Gasteiger partial charge in [-0.3, -0.25) is 0 Å². The van der Waals surface area contributed by atoms with Gasteiger partial charge in [-0.2, -0.15) is 0 Å². The Morgan fingerprint density at radius 2 is 1.05 bits per heavy atom. The zero-order chi connectivity index (χ0) is 17.1. The van der Waals surface area contributed by atoms with Crippen molar-refractivity contribution in [3.05, 3.63) is 0 Å². The molecule has 0 saturated heterocycles. The van der Waals surface area contributed by atoms with Gasteiger partial charge in [0.1, 0.15) is 0 Å². The Morgan fingerprint density at radius 3 is 1.27 bits per heavy atom. The van der Waals surface area contributed by atoms with E-state index in [2.05, 4.69) is 53.5 Å². The van der Waals surface area contributed by atoms with Crippen LogP contribution in [0.15, 0.2) is 0 Å². The molecule has 4 aliphatic carbocycles. The van der Waals surface area contributed by atoms with E-state index >= 15 is 0 Å². The van der Waals surface area contributed by atoms with Gasteiger partial charge in [-0.15, -0.1) is 0 Å². The monoisotopic (exact) mass is 442 g/mol. The third kappa shape index (κ3) is 6.92. The molecule has 0 heterocycles. The van der Waals surface area contributed by atoms with Gasteiger partial charge in [0.05, 0.1) is 0 Å². The average Bonchev–Trinajstić information content (AvgIpc) is 2.33. The Balaban J connectivity index is 0.000000192. The van der Waals surface area contributed by atoms with Gasteiger partial charge in [0.25, 0.3) is 0 Å². The molecule has 0 aromatic carbocycles. The molecule has 0 aromatic heterocycles. The zero-order valence-electron chi connectivity index (χ0n) is 16.3. The van der Waals surface area contributed by atoms with Crippen molar-refractivity contribution in [2.45, 2.75) is 90.6 Å². The van der Waals surface area contributed by atoms with Gasteiger partial charge < -0.3 is 0 Å². The SMILES string of the molecule is C[Si](C)C.C[Si](C)C(C)(C)C.[Sn]=[C]1C2CC3CC(C2)CC1C3. The minimum atomic E-state index is -0.0502. The molecule has 0 aliphatic heterocycles. The van der Waals surface area contributed by atoms with Crippen molar-refractivity contribution in [1.29, 1.82) is 0 Å². The van der Waals surface area contributed by atoms with Crippen LogP contribution in [-0.4, -0.2) is 43.2 Å². The van der Waals surface area contributed by atoms with Crippen molar-refractivity contribution in [2.24, 2.45) is 23.7 Å². The minimum absolute atomic E-state index is 0.0502. The van der Waals surface area contributed by atoms with E-state index in [1.807, 2.05) is 3.52 Å². The first-order valence-corrected chi connectivity index (χ1v) is 16.1. The topological polar surface area (TPSA) is 0 Å². The molecule has 0 amide bonds. The van der Waals surface area contributed by atoms with Crippen molar-refractivity contribution >= 4 is 43.2 Å². The fraction of sp³-hybridized carbons (Fsp3) is 0.947. The van der Waals surface area contributed by atoms with E-state index in [4.69, 9.17) is 0 Å². The molecule has 0 aromatic rings. The second kappa shape index (κ2) is 8.98. The summed E-state index contributed by atoms with van der Waals surface area (Å²) in [5.74, 6) is 4.51. The summed E-state index contributed by atoms with van der Waals surface area (Å²) in [6.45, 7) is 18.4. The van der Waals surface area contributed by atoms with E-state index < -0.39 is 0 Å². The van der Waals surface area contributed by atoms with Crippen molar-refractivity contribution in [1.82, 2.24) is 0 Å². The molecule has 4 radical (unpaired) electrons. The van der Waals surface area contributed by atoms with E-state index in [0.717, 1.165) is 23.7 Å². The van der Waals surface area contributed by atoms with Crippen LogP contribution >= 0.6 is 0 Å². The summed E-state index contributed by atoms with van der Waals surface area (Å²) >= 11 is 1.76. The van der Waals surface area contributed by atoms with Crippen molar-refractivity contribution < 1.29 is 0 Å². The van der Waals surface area contributed by atoms with Crippen molar-refractivity contribution in [2.75, 3.05) is 0 Å². The molecular weight excluding hydrogens is 403 g/mol. The van der Waals surface area contributed by atoms with Crippen LogP contribution in [0.3, 0.4) is 0 Å². The summed E-state index contributed by atoms with van der Waals surface area (Å²) in [6.07, 6.45) is 7.90. The fourth-order valence-electron chi connectivity index (χ4n) is 3.69. The molecule has 3 heteroatoms. The van der Waals surface area contributed by atoms with Crippen LogP contribution in [0.2, 0.25) is 37.8 Å². The summed E-state index contributed by atoms with van der Waals surface area (Å²) in [5.41, 5.74) is 0. The normalized spacial score (nSPS) is 32.5. The van der Waals surface area contributed by atoms with Crippen molar-refractivity contribution in [3.63, 3.8) is 0 Å². The Hall–Kier alpha value is 1.10. The van der Waals surface area contributed by atoms with Crippen LogP contribution in [0.5, 0.6) is 0 Å². The summed E-state index contributed by atoms with van der Waals surface area (Å²) in [4.78, 5) is 0. The molecule has 0 atom stereocenters. The standard InChI is InChI=1S/C10H14.C6H15Si.C3H9Si.Sn/c1-7-2-9-4-8(1)5-10(3-7)6-9;1-6(2,3)7(4)5;1-4(2)3;/h7-10H,1-5H2;1-5H3;1-3H3;.